The molecule has 1 aliphatic heterocycles. The highest BCUT2D eigenvalue weighted by atomic mass is 19.1. The number of hydrogen-bond acceptors (Lipinski definition) is 8. The van der Waals surface area contributed by atoms with Gasteiger partial charge in [-0.1, -0.05) is 5.16 Å². The quantitative estimate of drug-likeness (QED) is 0.425. The third kappa shape index (κ3) is 4.66. The lowest BCUT2D eigenvalue weighted by atomic mass is 10.1. The van der Waals surface area contributed by atoms with Crippen molar-refractivity contribution < 1.29 is 23.4 Å². The molecule has 0 unspecified atom stereocenters. The van der Waals surface area contributed by atoms with Crippen molar-refractivity contribution in [1.29, 1.82) is 0 Å². The highest BCUT2D eigenvalue weighted by Crippen LogP contribution is 2.28. The Morgan fingerprint density at radius 1 is 1.31 bits per heavy atom. The number of rotatable bonds is 5. The Morgan fingerprint density at radius 2 is 2.00 bits per heavy atom. The second kappa shape index (κ2) is 8.22. The second-order valence-corrected chi connectivity index (χ2v) is 6.58. The number of anilines is 2. The van der Waals surface area contributed by atoms with Crippen molar-refractivity contribution in [3.05, 3.63) is 45.5 Å². The molecule has 1 aliphatic rings. The summed E-state index contributed by atoms with van der Waals surface area (Å²) in [5.74, 6) is -0.878. The number of carbonyl (C=O) groups is 2. The fourth-order valence-corrected chi connectivity index (χ4v) is 3.02. The van der Waals surface area contributed by atoms with Crippen LogP contribution in [0, 0.1) is 22.9 Å². The number of nitro groups is 1. The van der Waals surface area contributed by atoms with Crippen molar-refractivity contribution in [3.8, 4) is 0 Å². The molecule has 1 aromatic carbocycles. The van der Waals surface area contributed by atoms with Gasteiger partial charge >= 0.3 is 0 Å². The number of nitrogens with zero attached hydrogens (tertiary/aromatic N) is 4. The molecule has 0 atom stereocenters. The smallest absolute Gasteiger partial charge is 0.295 e. The van der Waals surface area contributed by atoms with Crippen LogP contribution in [0.4, 0.5) is 21.6 Å². The van der Waals surface area contributed by atoms with Gasteiger partial charge in [0.25, 0.3) is 11.6 Å². The fraction of sp³-hybridized carbons (Fsp3) is 0.353. The Hall–Kier alpha value is -3.54. The summed E-state index contributed by atoms with van der Waals surface area (Å²) in [5.41, 5.74) is 4.43. The van der Waals surface area contributed by atoms with Gasteiger partial charge < -0.3 is 20.5 Å². The van der Waals surface area contributed by atoms with Gasteiger partial charge in [0.15, 0.2) is 5.82 Å². The van der Waals surface area contributed by atoms with Crippen molar-refractivity contribution in [3.63, 3.8) is 0 Å². The van der Waals surface area contributed by atoms with Gasteiger partial charge in [0, 0.05) is 32.2 Å². The number of halogens is 1. The molecule has 0 saturated carbocycles. The van der Waals surface area contributed by atoms with E-state index in [0.717, 1.165) is 6.07 Å². The average Bonchev–Trinajstić information content (AvgIpc) is 3.07. The summed E-state index contributed by atoms with van der Waals surface area (Å²) in [6.07, 6.45) is 0. The predicted molar refractivity (Wildman–Crippen MR) is 99.7 cm³/mol. The summed E-state index contributed by atoms with van der Waals surface area (Å²) in [4.78, 5) is 38.1. The van der Waals surface area contributed by atoms with E-state index in [4.69, 9.17) is 10.3 Å². The van der Waals surface area contributed by atoms with E-state index in [-0.39, 0.29) is 36.8 Å². The van der Waals surface area contributed by atoms with Crippen LogP contribution >= 0.6 is 0 Å². The van der Waals surface area contributed by atoms with Gasteiger partial charge in [-0.05, 0) is 13.0 Å². The number of nitrogens with two attached hydrogens (primary N) is 1. The van der Waals surface area contributed by atoms with Crippen molar-refractivity contribution in [2.24, 2.45) is 0 Å². The third-order valence-electron chi connectivity index (χ3n) is 4.47. The molecule has 2 heterocycles. The van der Waals surface area contributed by atoms with Gasteiger partial charge in [-0.2, -0.15) is 0 Å². The maximum absolute atomic E-state index is 13.7. The monoisotopic (exact) mass is 406 g/mol. The number of aryl methyl sites for hydroxylation is 1. The number of nitro benzene ring substituents is 1. The van der Waals surface area contributed by atoms with Crippen LogP contribution in [0.1, 0.15) is 16.1 Å². The van der Waals surface area contributed by atoms with Gasteiger partial charge in [0.1, 0.15) is 17.3 Å². The van der Waals surface area contributed by atoms with Crippen LogP contribution in [0.5, 0.6) is 0 Å². The van der Waals surface area contributed by atoms with Gasteiger partial charge in [0.05, 0.1) is 23.1 Å². The Morgan fingerprint density at radius 3 is 2.59 bits per heavy atom. The van der Waals surface area contributed by atoms with E-state index < -0.39 is 22.3 Å². The van der Waals surface area contributed by atoms with Crippen LogP contribution in [0.3, 0.4) is 0 Å². The number of piperazine rings is 1. The standard InChI is InChI=1S/C17H19FN6O5/c1-10-6-14(21-29-10)20-15(25)9-22-2-4-23(5-3-22)17(26)12-7-11(18)8-13(16(12)19)24(27)28/h6-8H,2-5,9,19H2,1H3,(H,20,21,25). The fourth-order valence-electron chi connectivity index (χ4n) is 3.02. The summed E-state index contributed by atoms with van der Waals surface area (Å²) >= 11 is 0. The number of nitrogens with one attached hydrogen (secondary N) is 1. The molecule has 29 heavy (non-hydrogen) atoms. The number of aromatic nitrogens is 1. The van der Waals surface area contributed by atoms with Gasteiger partial charge in [-0.3, -0.25) is 24.6 Å². The van der Waals surface area contributed by atoms with Crippen molar-refractivity contribution in [2.45, 2.75) is 6.92 Å². The minimum absolute atomic E-state index is 0.0987. The SMILES string of the molecule is Cc1cc(NC(=O)CN2CCN(C(=O)c3cc(F)cc([N+](=O)[O-])c3N)CC2)no1. The van der Waals surface area contributed by atoms with E-state index >= 15 is 0 Å². The molecule has 0 spiro atoms. The molecule has 154 valence electrons. The van der Waals surface area contributed by atoms with E-state index in [9.17, 15) is 24.1 Å². The molecule has 0 bridgehead atoms. The first-order chi connectivity index (χ1) is 13.7. The van der Waals surface area contributed by atoms with Crippen LogP contribution < -0.4 is 11.1 Å². The van der Waals surface area contributed by atoms with Crippen LogP contribution in [-0.4, -0.2) is 64.4 Å². The molecule has 3 rings (SSSR count). The zero-order chi connectivity index (χ0) is 21.1. The summed E-state index contributed by atoms with van der Waals surface area (Å²) in [5, 5.41) is 17.3. The molecule has 3 N–H and O–H groups in total. The molecule has 2 amide bonds. The third-order valence-corrected chi connectivity index (χ3v) is 4.47. The lowest BCUT2D eigenvalue weighted by molar-refractivity contribution is -0.384. The molecule has 11 nitrogen and oxygen atoms in total. The number of amides is 2. The Bertz CT molecular complexity index is 954. The van der Waals surface area contributed by atoms with Crippen LogP contribution in [0.25, 0.3) is 0 Å². The zero-order valence-electron chi connectivity index (χ0n) is 15.6. The predicted octanol–water partition coefficient (Wildman–Crippen LogP) is 1.01. The maximum atomic E-state index is 13.7. The van der Waals surface area contributed by atoms with Crippen molar-refractivity contribution in [1.82, 2.24) is 15.0 Å². The number of carbonyl (C=O) groups excluding carboxylic acids is 2. The van der Waals surface area contributed by atoms with Crippen LogP contribution in [0.2, 0.25) is 0 Å². The lowest BCUT2D eigenvalue weighted by Crippen LogP contribution is -2.50. The van der Waals surface area contributed by atoms with E-state index in [0.29, 0.717) is 30.7 Å². The highest BCUT2D eigenvalue weighted by molar-refractivity contribution is 6.01. The topological polar surface area (TPSA) is 148 Å². The number of benzene rings is 1. The molecule has 12 heteroatoms. The average molecular weight is 406 g/mol. The van der Waals surface area contributed by atoms with Crippen molar-refractivity contribution in [2.75, 3.05) is 43.8 Å². The van der Waals surface area contributed by atoms with Crippen LogP contribution in [0.15, 0.2) is 22.7 Å². The summed E-state index contributed by atoms with van der Waals surface area (Å²) in [6, 6.07) is 3.17. The molecule has 1 saturated heterocycles. The minimum Gasteiger partial charge on any atom is -0.393 e. The Balaban J connectivity index is 1.58. The largest absolute Gasteiger partial charge is 0.393 e. The first kappa shape index (κ1) is 20.2. The zero-order valence-corrected chi connectivity index (χ0v) is 15.6. The summed E-state index contributed by atoms with van der Waals surface area (Å²) in [7, 11) is 0. The van der Waals surface area contributed by atoms with Gasteiger partial charge in [-0.25, -0.2) is 4.39 Å². The summed E-state index contributed by atoms with van der Waals surface area (Å²) < 4.78 is 18.6. The van der Waals surface area contributed by atoms with Gasteiger partial charge in [0.2, 0.25) is 5.91 Å². The van der Waals surface area contributed by atoms with E-state index in [1.54, 1.807) is 13.0 Å². The number of hydrogen-bond donors (Lipinski definition) is 2. The molecule has 0 radical (unpaired) electrons. The molecular weight excluding hydrogens is 387 g/mol. The van der Waals surface area contributed by atoms with E-state index in [1.165, 1.54) is 4.90 Å². The normalized spacial score (nSPS) is 14.6. The molecule has 1 aromatic heterocycles. The molecule has 2 aromatic rings. The van der Waals surface area contributed by atoms with Crippen LogP contribution in [-0.2, 0) is 4.79 Å². The lowest BCUT2D eigenvalue weighted by Gasteiger charge is -2.34. The maximum Gasteiger partial charge on any atom is 0.295 e. The minimum atomic E-state index is -0.910. The van der Waals surface area contributed by atoms with Gasteiger partial charge in [-0.15, -0.1) is 0 Å². The van der Waals surface area contributed by atoms with E-state index in [2.05, 4.69) is 10.5 Å². The Labute approximate surface area is 164 Å². The Kier molecular flexibility index (Phi) is 5.73. The molecular formula is C17H19FN6O5. The number of nitrogen functional groups attached to an aromatic ring is 1. The molecule has 1 fully saturated rings. The second-order valence-electron chi connectivity index (χ2n) is 6.58. The van der Waals surface area contributed by atoms with Crippen molar-refractivity contribution >= 4 is 29.0 Å². The van der Waals surface area contributed by atoms with E-state index in [1.807, 2.05) is 4.90 Å². The first-order valence-electron chi connectivity index (χ1n) is 8.73. The first-order valence-corrected chi connectivity index (χ1v) is 8.73. The molecule has 0 aliphatic carbocycles. The highest BCUT2D eigenvalue weighted by Gasteiger charge is 2.28. The summed E-state index contributed by atoms with van der Waals surface area (Å²) in [6.45, 7) is 3.13.